The largest absolute Gasteiger partial charge is 0.416 e. The molecule has 1 atom stereocenters. The predicted molar refractivity (Wildman–Crippen MR) is 148 cm³/mol. The van der Waals surface area contributed by atoms with Crippen molar-refractivity contribution < 1.29 is 35.9 Å². The maximum absolute atomic E-state index is 13.1. The van der Waals surface area contributed by atoms with Crippen molar-refractivity contribution in [2.45, 2.75) is 71.8 Å². The third-order valence-electron chi connectivity index (χ3n) is 6.57. The summed E-state index contributed by atoms with van der Waals surface area (Å²) >= 11 is 0. The van der Waals surface area contributed by atoms with E-state index < -0.39 is 23.5 Å². The summed E-state index contributed by atoms with van der Waals surface area (Å²) in [6, 6.07) is 1.46. The number of urea groups is 1. The van der Waals surface area contributed by atoms with Gasteiger partial charge in [0.2, 0.25) is 5.91 Å². The van der Waals surface area contributed by atoms with Crippen LogP contribution in [0, 0.1) is 0 Å². The molecule has 234 valence electrons. The van der Waals surface area contributed by atoms with Crippen molar-refractivity contribution >= 4 is 11.9 Å². The lowest BCUT2D eigenvalue weighted by molar-refractivity contribution is -0.143. The molecule has 6 nitrogen and oxygen atoms in total. The molecule has 0 saturated carbocycles. The van der Waals surface area contributed by atoms with Crippen molar-refractivity contribution in [3.63, 3.8) is 0 Å². The number of rotatable bonds is 11. The van der Waals surface area contributed by atoms with E-state index in [2.05, 4.69) is 6.58 Å². The number of benzene rings is 1. The summed E-state index contributed by atoms with van der Waals surface area (Å²) in [5.41, 5.74) is -1.71. The van der Waals surface area contributed by atoms with Crippen LogP contribution in [-0.2, 0) is 23.6 Å². The zero-order valence-corrected chi connectivity index (χ0v) is 25.0. The zero-order chi connectivity index (χ0) is 31.5. The number of carbonyl (C=O) groups is 2. The molecule has 1 fully saturated rings. The van der Waals surface area contributed by atoms with Crippen molar-refractivity contribution in [1.82, 2.24) is 19.6 Å². The summed E-state index contributed by atoms with van der Waals surface area (Å²) in [6.07, 6.45) is -7.62. The summed E-state index contributed by atoms with van der Waals surface area (Å²) < 4.78 is 78.6. The number of alkyl halides is 6. The van der Waals surface area contributed by atoms with Gasteiger partial charge in [0, 0.05) is 46.3 Å². The molecule has 0 N–H and O–H groups in total. The molecule has 0 bridgehead atoms. The quantitative estimate of drug-likeness (QED) is 0.216. The molecule has 1 aliphatic heterocycles. The van der Waals surface area contributed by atoms with Crippen molar-refractivity contribution in [2.75, 3.05) is 53.4 Å². The van der Waals surface area contributed by atoms with Crippen LogP contribution in [0.3, 0.4) is 0 Å². The number of halogens is 6. The number of allylic oxidation sites excluding steroid dienone is 1. The average molecular weight is 595 g/mol. The lowest BCUT2D eigenvalue weighted by Crippen LogP contribution is -2.51. The Morgan fingerprint density at radius 1 is 1.00 bits per heavy atom. The SMILES string of the molecule is C=C(C)C.CCCN(CCC(C)N1CCCN(C)C1=O)CC(=O)N(C)CCc1cc(C(F)(F)F)cc(C(F)(F)F)c1. The highest BCUT2D eigenvalue weighted by Crippen LogP contribution is 2.36. The molecule has 1 aliphatic rings. The van der Waals surface area contributed by atoms with Crippen LogP contribution in [0.15, 0.2) is 30.4 Å². The molecule has 1 heterocycles. The smallest absolute Gasteiger partial charge is 0.344 e. The Hall–Kier alpha value is -2.76. The van der Waals surface area contributed by atoms with E-state index in [0.717, 1.165) is 19.4 Å². The molecule has 0 radical (unpaired) electrons. The minimum absolute atomic E-state index is 0.00817. The molecule has 0 spiro atoms. The minimum atomic E-state index is -4.91. The topological polar surface area (TPSA) is 47.1 Å². The number of hydrogen-bond donors (Lipinski definition) is 0. The van der Waals surface area contributed by atoms with Crippen LogP contribution in [0.5, 0.6) is 0 Å². The second-order valence-electron chi connectivity index (χ2n) is 10.9. The van der Waals surface area contributed by atoms with Gasteiger partial charge >= 0.3 is 18.4 Å². The maximum Gasteiger partial charge on any atom is 0.416 e. The molecular weight excluding hydrogens is 550 g/mol. The first-order valence-corrected chi connectivity index (χ1v) is 13.7. The summed E-state index contributed by atoms with van der Waals surface area (Å²) in [7, 11) is 3.25. The van der Waals surface area contributed by atoms with Gasteiger partial charge in [0.05, 0.1) is 17.7 Å². The Kier molecular flexibility index (Phi) is 14.2. The fourth-order valence-corrected chi connectivity index (χ4v) is 4.31. The molecular formula is C29H44F6N4O2. The van der Waals surface area contributed by atoms with E-state index in [-0.39, 0.29) is 49.1 Å². The summed E-state index contributed by atoms with van der Waals surface area (Å²) in [5.74, 6) is -0.280. The van der Waals surface area contributed by atoms with Gasteiger partial charge in [-0.05, 0) is 76.8 Å². The molecule has 41 heavy (non-hydrogen) atoms. The van der Waals surface area contributed by atoms with E-state index in [1.54, 1.807) is 11.9 Å². The monoisotopic (exact) mass is 594 g/mol. The summed E-state index contributed by atoms with van der Waals surface area (Å²) in [6.45, 7) is 14.1. The highest BCUT2D eigenvalue weighted by atomic mass is 19.4. The number of hydrogen-bond acceptors (Lipinski definition) is 3. The minimum Gasteiger partial charge on any atom is -0.344 e. The Labute approximate surface area is 239 Å². The van der Waals surface area contributed by atoms with Gasteiger partial charge < -0.3 is 14.7 Å². The normalized spacial score (nSPS) is 15.0. The number of amides is 3. The van der Waals surface area contributed by atoms with Crippen LogP contribution in [0.4, 0.5) is 31.1 Å². The van der Waals surface area contributed by atoms with E-state index in [9.17, 15) is 35.9 Å². The van der Waals surface area contributed by atoms with Gasteiger partial charge in [0.1, 0.15) is 0 Å². The fourth-order valence-electron chi connectivity index (χ4n) is 4.31. The third-order valence-corrected chi connectivity index (χ3v) is 6.57. The van der Waals surface area contributed by atoms with Gasteiger partial charge in [0.25, 0.3) is 0 Å². The lowest BCUT2D eigenvalue weighted by Gasteiger charge is -2.38. The van der Waals surface area contributed by atoms with Crippen LogP contribution >= 0.6 is 0 Å². The highest BCUT2D eigenvalue weighted by Gasteiger charge is 2.37. The van der Waals surface area contributed by atoms with Gasteiger partial charge in [-0.2, -0.15) is 26.3 Å². The van der Waals surface area contributed by atoms with Crippen LogP contribution in [0.1, 0.15) is 63.6 Å². The Morgan fingerprint density at radius 3 is 2.02 bits per heavy atom. The first-order chi connectivity index (χ1) is 18.9. The fraction of sp³-hybridized carbons (Fsp3) is 0.655. The lowest BCUT2D eigenvalue weighted by atomic mass is 10.0. The first kappa shape index (κ1) is 36.3. The van der Waals surface area contributed by atoms with E-state index in [0.29, 0.717) is 38.2 Å². The number of nitrogens with zero attached hydrogens (tertiary/aromatic N) is 4. The molecule has 0 aromatic heterocycles. The van der Waals surface area contributed by atoms with E-state index in [1.165, 1.54) is 17.5 Å². The molecule has 1 unspecified atom stereocenters. The van der Waals surface area contributed by atoms with Gasteiger partial charge in [-0.1, -0.05) is 12.5 Å². The Balaban J connectivity index is 0.00000196. The van der Waals surface area contributed by atoms with Gasteiger partial charge in [-0.25, -0.2) is 4.79 Å². The average Bonchev–Trinajstić information content (AvgIpc) is 2.85. The predicted octanol–water partition coefficient (Wildman–Crippen LogP) is 6.56. The summed E-state index contributed by atoms with van der Waals surface area (Å²) in [4.78, 5) is 32.0. The van der Waals surface area contributed by atoms with Crippen LogP contribution in [0.2, 0.25) is 0 Å². The zero-order valence-electron chi connectivity index (χ0n) is 25.0. The molecule has 1 aromatic rings. The summed E-state index contributed by atoms with van der Waals surface area (Å²) in [5, 5.41) is 0. The molecule has 3 amide bonds. The van der Waals surface area contributed by atoms with Crippen LogP contribution in [0.25, 0.3) is 0 Å². The first-order valence-electron chi connectivity index (χ1n) is 13.7. The van der Waals surface area contributed by atoms with Crippen LogP contribution in [-0.4, -0.2) is 90.9 Å². The maximum atomic E-state index is 13.1. The van der Waals surface area contributed by atoms with Crippen molar-refractivity contribution in [3.8, 4) is 0 Å². The van der Waals surface area contributed by atoms with E-state index in [4.69, 9.17) is 0 Å². The Bertz CT molecular complexity index is 976. The second-order valence-corrected chi connectivity index (χ2v) is 10.9. The van der Waals surface area contributed by atoms with Crippen molar-refractivity contribution in [1.29, 1.82) is 0 Å². The van der Waals surface area contributed by atoms with Crippen molar-refractivity contribution in [2.24, 2.45) is 0 Å². The molecule has 12 heteroatoms. The van der Waals surface area contributed by atoms with Gasteiger partial charge in [0.15, 0.2) is 0 Å². The molecule has 0 aliphatic carbocycles. The van der Waals surface area contributed by atoms with Crippen molar-refractivity contribution in [3.05, 3.63) is 47.0 Å². The number of carbonyl (C=O) groups excluding carboxylic acids is 2. The van der Waals surface area contributed by atoms with E-state index in [1.807, 2.05) is 37.5 Å². The standard InChI is InChI=1S/C25H36F6N4O2.C4H8/c1-5-9-34(13-7-18(2)35-11-6-10-33(4)23(35)37)17-22(36)32(3)12-8-19-14-20(24(26,27)28)16-21(15-19)25(29,30)31;1-4(2)3/h14-16,18H,5-13,17H2,1-4H3;1H2,2-3H3. The number of likely N-dealkylation sites (N-methyl/N-ethyl adjacent to an activating group) is 1. The molecule has 1 saturated heterocycles. The Morgan fingerprint density at radius 2 is 1.54 bits per heavy atom. The van der Waals surface area contributed by atoms with Crippen LogP contribution < -0.4 is 0 Å². The third kappa shape index (κ3) is 12.7. The molecule has 1 aromatic carbocycles. The van der Waals surface area contributed by atoms with Gasteiger partial charge in [-0.3, -0.25) is 9.69 Å². The van der Waals surface area contributed by atoms with Gasteiger partial charge in [-0.15, -0.1) is 6.58 Å². The second kappa shape index (κ2) is 16.0. The molecule has 2 rings (SSSR count). The highest BCUT2D eigenvalue weighted by molar-refractivity contribution is 5.78. The van der Waals surface area contributed by atoms with E-state index >= 15 is 0 Å².